The first-order chi connectivity index (χ1) is 15.0. The average molecular weight is 456 g/mol. The zero-order valence-electron chi connectivity index (χ0n) is 17.5. The molecular weight excluding hydrogens is 434 g/mol. The Hall–Kier alpha value is -2.95. The summed E-state index contributed by atoms with van der Waals surface area (Å²) in [5.74, 6) is 0.765. The average Bonchev–Trinajstić information content (AvgIpc) is 3.32. The molecule has 0 saturated heterocycles. The van der Waals surface area contributed by atoms with Crippen LogP contribution in [0.5, 0.6) is 5.88 Å². The zero-order chi connectivity index (χ0) is 22.0. The number of hydrogen-bond acceptors (Lipinski definition) is 8. The number of methoxy groups -OCH3 is 2. The van der Waals surface area contributed by atoms with Gasteiger partial charge in [0.15, 0.2) is 11.0 Å². The fraction of sp³-hybridized carbons (Fsp3) is 0.238. The highest BCUT2D eigenvalue weighted by molar-refractivity contribution is 7.99. The summed E-state index contributed by atoms with van der Waals surface area (Å²) in [6.45, 7) is 2.15. The molecule has 0 fully saturated rings. The molecule has 0 aliphatic carbocycles. The molecule has 0 atom stereocenters. The van der Waals surface area contributed by atoms with Crippen molar-refractivity contribution >= 4 is 44.9 Å². The van der Waals surface area contributed by atoms with E-state index in [1.807, 2.05) is 49.0 Å². The van der Waals surface area contributed by atoms with E-state index in [0.29, 0.717) is 27.1 Å². The number of fused-ring (bicyclic) bond motifs is 1. The van der Waals surface area contributed by atoms with E-state index >= 15 is 0 Å². The van der Waals surface area contributed by atoms with E-state index < -0.39 is 0 Å². The molecule has 0 aliphatic rings. The van der Waals surface area contributed by atoms with E-state index in [2.05, 4.69) is 20.3 Å². The van der Waals surface area contributed by atoms with Crippen LogP contribution in [-0.2, 0) is 18.4 Å². The quantitative estimate of drug-likeness (QED) is 0.444. The Balaban J connectivity index is 1.55. The van der Waals surface area contributed by atoms with Crippen LogP contribution in [0.1, 0.15) is 21.1 Å². The predicted molar refractivity (Wildman–Crippen MR) is 121 cm³/mol. The number of aryl methyl sites for hydroxylation is 2. The molecule has 0 saturated carbocycles. The Morgan fingerprint density at radius 2 is 2.00 bits per heavy atom. The van der Waals surface area contributed by atoms with Gasteiger partial charge in [-0.15, -0.1) is 11.3 Å². The van der Waals surface area contributed by atoms with Crippen LogP contribution < -0.4 is 10.1 Å². The van der Waals surface area contributed by atoms with Crippen molar-refractivity contribution in [2.45, 2.75) is 23.6 Å². The second-order valence-electron chi connectivity index (χ2n) is 6.72. The van der Waals surface area contributed by atoms with Crippen molar-refractivity contribution in [2.24, 2.45) is 7.05 Å². The summed E-state index contributed by atoms with van der Waals surface area (Å²) in [6, 6.07) is 7.67. The van der Waals surface area contributed by atoms with Crippen molar-refractivity contribution in [1.29, 1.82) is 0 Å². The first kappa shape index (κ1) is 21.3. The van der Waals surface area contributed by atoms with Gasteiger partial charge in [0.2, 0.25) is 5.88 Å². The molecule has 1 amide bonds. The number of hydrogen-bond donors (Lipinski definition) is 1. The van der Waals surface area contributed by atoms with Gasteiger partial charge in [-0.1, -0.05) is 11.8 Å². The van der Waals surface area contributed by atoms with E-state index in [9.17, 15) is 4.79 Å². The molecule has 1 aromatic carbocycles. The molecule has 4 aromatic rings. The van der Waals surface area contributed by atoms with Gasteiger partial charge in [0.05, 0.1) is 17.4 Å². The highest BCUT2D eigenvalue weighted by atomic mass is 32.2. The summed E-state index contributed by atoms with van der Waals surface area (Å²) >= 11 is 2.88. The van der Waals surface area contributed by atoms with Gasteiger partial charge in [-0.25, -0.2) is 9.97 Å². The second kappa shape index (κ2) is 9.04. The Morgan fingerprint density at radius 1 is 1.23 bits per heavy atom. The fourth-order valence-corrected chi connectivity index (χ4v) is 4.94. The summed E-state index contributed by atoms with van der Waals surface area (Å²) in [5, 5.41) is 4.62. The standard InChI is InChI=1S/C21H21N5O3S2/c1-12-16-19(29-4)24-15(11-28-3)25-20(16)31-17(12)18(27)23-13-5-7-14(8-6-13)30-21-22-9-10-26(21)2/h5-10H,11H2,1-4H3,(H,23,27). The summed E-state index contributed by atoms with van der Waals surface area (Å²) < 4.78 is 12.5. The van der Waals surface area contributed by atoms with E-state index in [1.165, 1.54) is 11.3 Å². The number of rotatable bonds is 7. The van der Waals surface area contributed by atoms with Gasteiger partial charge in [0, 0.05) is 37.1 Å². The van der Waals surface area contributed by atoms with Gasteiger partial charge in [-0.2, -0.15) is 4.98 Å². The Labute approximate surface area is 187 Å². The Morgan fingerprint density at radius 3 is 2.65 bits per heavy atom. The van der Waals surface area contributed by atoms with Crippen molar-refractivity contribution in [3.8, 4) is 5.88 Å². The number of imidazole rings is 1. The molecule has 31 heavy (non-hydrogen) atoms. The van der Waals surface area contributed by atoms with E-state index in [0.717, 1.165) is 21.0 Å². The van der Waals surface area contributed by atoms with E-state index in [4.69, 9.17) is 9.47 Å². The van der Waals surface area contributed by atoms with Crippen LogP contribution in [0.4, 0.5) is 5.69 Å². The molecule has 3 aromatic heterocycles. The molecule has 0 spiro atoms. The lowest BCUT2D eigenvalue weighted by Gasteiger charge is -2.07. The Bertz CT molecular complexity index is 1230. The maximum absolute atomic E-state index is 13.0. The largest absolute Gasteiger partial charge is 0.480 e. The monoisotopic (exact) mass is 455 g/mol. The molecular formula is C21H21N5O3S2. The molecule has 8 nitrogen and oxygen atoms in total. The van der Waals surface area contributed by atoms with Crippen LogP contribution in [-0.4, -0.2) is 39.6 Å². The molecule has 1 N–H and O–H groups in total. The summed E-state index contributed by atoms with van der Waals surface area (Å²) in [7, 11) is 5.09. The molecule has 0 bridgehead atoms. The number of aromatic nitrogens is 4. The maximum Gasteiger partial charge on any atom is 0.266 e. The first-order valence-corrected chi connectivity index (χ1v) is 11.0. The number of amides is 1. The van der Waals surface area contributed by atoms with Gasteiger partial charge in [0.1, 0.15) is 11.4 Å². The fourth-order valence-electron chi connectivity index (χ4n) is 3.05. The number of nitrogens with zero attached hydrogens (tertiary/aromatic N) is 4. The molecule has 0 aliphatic heterocycles. The summed E-state index contributed by atoms with van der Waals surface area (Å²) in [6.07, 6.45) is 3.67. The molecule has 4 rings (SSSR count). The van der Waals surface area contributed by atoms with Gasteiger partial charge < -0.3 is 19.4 Å². The number of thiophene rings is 1. The van der Waals surface area contributed by atoms with Crippen LogP contribution >= 0.6 is 23.1 Å². The topological polar surface area (TPSA) is 91.2 Å². The van der Waals surface area contributed by atoms with Gasteiger partial charge in [0.25, 0.3) is 5.91 Å². The molecule has 0 radical (unpaired) electrons. The number of anilines is 1. The second-order valence-corrected chi connectivity index (χ2v) is 8.76. The van der Waals surface area contributed by atoms with Crippen LogP contribution in [0.3, 0.4) is 0 Å². The lowest BCUT2D eigenvalue weighted by Crippen LogP contribution is -2.11. The number of ether oxygens (including phenoxy) is 2. The van der Waals surface area contributed by atoms with Gasteiger partial charge in [-0.05, 0) is 36.8 Å². The predicted octanol–water partition coefficient (Wildman–Crippen LogP) is 4.29. The van der Waals surface area contributed by atoms with Crippen LogP contribution in [0.25, 0.3) is 10.2 Å². The highest BCUT2D eigenvalue weighted by Crippen LogP contribution is 2.35. The summed E-state index contributed by atoms with van der Waals surface area (Å²) in [4.78, 5) is 28.5. The van der Waals surface area contributed by atoms with Crippen molar-refractivity contribution in [3.05, 3.63) is 52.9 Å². The van der Waals surface area contributed by atoms with Crippen LogP contribution in [0.15, 0.2) is 46.7 Å². The first-order valence-electron chi connectivity index (χ1n) is 9.39. The number of carbonyl (C=O) groups excluding carboxylic acids is 1. The van der Waals surface area contributed by atoms with Gasteiger partial charge >= 0.3 is 0 Å². The molecule has 3 heterocycles. The van der Waals surface area contributed by atoms with E-state index in [-0.39, 0.29) is 12.5 Å². The smallest absolute Gasteiger partial charge is 0.266 e. The minimum Gasteiger partial charge on any atom is -0.480 e. The third-order valence-electron chi connectivity index (χ3n) is 4.57. The number of nitrogens with one attached hydrogen (secondary N) is 1. The third-order valence-corrected chi connectivity index (χ3v) is 6.84. The summed E-state index contributed by atoms with van der Waals surface area (Å²) in [5.41, 5.74) is 1.50. The van der Waals surface area contributed by atoms with E-state index in [1.54, 1.807) is 32.2 Å². The zero-order valence-corrected chi connectivity index (χ0v) is 19.1. The minimum absolute atomic E-state index is 0.194. The van der Waals surface area contributed by atoms with Gasteiger partial charge in [-0.3, -0.25) is 4.79 Å². The van der Waals surface area contributed by atoms with Crippen molar-refractivity contribution < 1.29 is 14.3 Å². The van der Waals surface area contributed by atoms with Crippen molar-refractivity contribution in [3.63, 3.8) is 0 Å². The number of carbonyl (C=O) groups is 1. The van der Waals surface area contributed by atoms with Crippen LogP contribution in [0, 0.1) is 6.92 Å². The molecule has 160 valence electrons. The number of benzene rings is 1. The lowest BCUT2D eigenvalue weighted by atomic mass is 10.2. The van der Waals surface area contributed by atoms with Crippen molar-refractivity contribution in [2.75, 3.05) is 19.5 Å². The molecule has 0 unspecified atom stereocenters. The van der Waals surface area contributed by atoms with Crippen molar-refractivity contribution in [1.82, 2.24) is 19.5 Å². The Kier molecular flexibility index (Phi) is 6.21. The SMILES string of the molecule is COCc1nc(OC)c2c(C)c(C(=O)Nc3ccc(Sc4nccn4C)cc3)sc2n1. The molecule has 10 heteroatoms. The highest BCUT2D eigenvalue weighted by Gasteiger charge is 2.21. The maximum atomic E-state index is 13.0. The lowest BCUT2D eigenvalue weighted by molar-refractivity contribution is 0.103. The third kappa shape index (κ3) is 4.41. The normalized spacial score (nSPS) is 11.1. The minimum atomic E-state index is -0.194. The van der Waals surface area contributed by atoms with Crippen LogP contribution in [0.2, 0.25) is 0 Å².